The zero-order chi connectivity index (χ0) is 18.3. The number of aromatic carboxylic acids is 1. The van der Waals surface area contributed by atoms with Crippen molar-refractivity contribution in [3.8, 4) is 16.4 Å². The highest BCUT2D eigenvalue weighted by molar-refractivity contribution is 7.19. The Morgan fingerprint density at radius 2 is 2.15 bits per heavy atom. The molecule has 0 unspecified atom stereocenters. The quantitative estimate of drug-likeness (QED) is 0.533. The first-order valence-corrected chi connectivity index (χ1v) is 8.86. The molecule has 0 saturated carbocycles. The Kier molecular flexibility index (Phi) is 4.18. The lowest BCUT2D eigenvalue weighted by atomic mass is 10.2. The van der Waals surface area contributed by atoms with Crippen LogP contribution < -0.4 is 4.74 Å². The van der Waals surface area contributed by atoms with Gasteiger partial charge in [0.15, 0.2) is 5.76 Å². The van der Waals surface area contributed by atoms with Crippen LogP contribution in [0.1, 0.15) is 16.2 Å². The molecule has 0 spiro atoms. The Bertz CT molecular complexity index is 1110. The third-order valence-electron chi connectivity index (χ3n) is 4.03. The van der Waals surface area contributed by atoms with Gasteiger partial charge < -0.3 is 18.9 Å². The van der Waals surface area contributed by atoms with Crippen molar-refractivity contribution in [2.24, 2.45) is 0 Å². The Morgan fingerprint density at radius 3 is 2.85 bits per heavy atom. The number of carbonyl (C=O) groups is 1. The molecule has 132 valence electrons. The number of ether oxygens (including phenoxy) is 1. The van der Waals surface area contributed by atoms with Crippen LogP contribution in [0.25, 0.3) is 21.5 Å². The number of aromatic nitrogens is 2. The number of benzene rings is 1. The first kappa shape index (κ1) is 16.7. The molecule has 4 rings (SSSR count). The SMILES string of the molecule is COc1ccc2cc(C(=O)O)n(Cc3cc(-c4ccc(Cl)s4)on3)c2c1. The lowest BCUT2D eigenvalue weighted by molar-refractivity contribution is 0.0686. The number of rotatable bonds is 5. The molecule has 26 heavy (non-hydrogen) atoms. The molecular formula is C18H13ClN2O4S. The minimum absolute atomic E-state index is 0.178. The first-order chi connectivity index (χ1) is 12.5. The number of hydrogen-bond acceptors (Lipinski definition) is 5. The number of methoxy groups -OCH3 is 1. The molecule has 0 bridgehead atoms. The number of thiophene rings is 1. The van der Waals surface area contributed by atoms with Crippen molar-refractivity contribution in [3.05, 3.63) is 58.2 Å². The van der Waals surface area contributed by atoms with E-state index in [1.54, 1.807) is 35.9 Å². The lowest BCUT2D eigenvalue weighted by Crippen LogP contribution is -2.09. The smallest absolute Gasteiger partial charge is 0.352 e. The number of carboxylic acid groups (broad SMARTS) is 1. The Morgan fingerprint density at radius 1 is 1.31 bits per heavy atom. The largest absolute Gasteiger partial charge is 0.497 e. The standard InChI is InChI=1S/C18H13ClN2O4S/c1-24-12-3-2-10-6-14(18(22)23)21(13(10)8-12)9-11-7-15(25-20-11)16-4-5-17(19)26-16/h2-8H,9H2,1H3,(H,22,23). The van der Waals surface area contributed by atoms with Crippen LogP contribution in [0.5, 0.6) is 5.75 Å². The highest BCUT2D eigenvalue weighted by Crippen LogP contribution is 2.32. The van der Waals surface area contributed by atoms with Gasteiger partial charge in [-0.15, -0.1) is 11.3 Å². The van der Waals surface area contributed by atoms with E-state index >= 15 is 0 Å². The predicted octanol–water partition coefficient (Wildman–Crippen LogP) is 4.77. The molecule has 3 heterocycles. The molecule has 3 aromatic heterocycles. The van der Waals surface area contributed by atoms with Gasteiger partial charge in [0.1, 0.15) is 17.1 Å². The average Bonchev–Trinajstić information content (AvgIpc) is 3.34. The second-order valence-corrected chi connectivity index (χ2v) is 7.35. The van der Waals surface area contributed by atoms with Crippen LogP contribution in [0.4, 0.5) is 0 Å². The number of hydrogen-bond donors (Lipinski definition) is 1. The Balaban J connectivity index is 1.75. The summed E-state index contributed by atoms with van der Waals surface area (Å²) in [5.41, 5.74) is 1.55. The van der Waals surface area contributed by atoms with E-state index in [-0.39, 0.29) is 12.2 Å². The van der Waals surface area contributed by atoms with E-state index in [0.717, 1.165) is 15.8 Å². The number of nitrogens with zero attached hydrogens (tertiary/aromatic N) is 2. The van der Waals surface area contributed by atoms with Crippen molar-refractivity contribution in [3.63, 3.8) is 0 Å². The van der Waals surface area contributed by atoms with Crippen molar-refractivity contribution in [2.75, 3.05) is 7.11 Å². The molecule has 0 amide bonds. The maximum Gasteiger partial charge on any atom is 0.352 e. The molecule has 1 aromatic carbocycles. The lowest BCUT2D eigenvalue weighted by Gasteiger charge is -2.07. The second-order valence-electron chi connectivity index (χ2n) is 5.63. The average molecular weight is 389 g/mol. The van der Waals surface area contributed by atoms with Gasteiger partial charge in [-0.1, -0.05) is 16.8 Å². The normalized spacial score (nSPS) is 11.2. The fourth-order valence-electron chi connectivity index (χ4n) is 2.82. The summed E-state index contributed by atoms with van der Waals surface area (Å²) in [7, 11) is 1.57. The van der Waals surface area contributed by atoms with Gasteiger partial charge in [-0.25, -0.2) is 4.79 Å². The van der Waals surface area contributed by atoms with Crippen LogP contribution in [0.15, 0.2) is 47.0 Å². The van der Waals surface area contributed by atoms with Crippen molar-refractivity contribution in [1.82, 2.24) is 9.72 Å². The maximum atomic E-state index is 11.7. The number of fused-ring (bicyclic) bond motifs is 1. The molecule has 0 atom stereocenters. The van der Waals surface area contributed by atoms with Crippen molar-refractivity contribution in [2.45, 2.75) is 6.54 Å². The zero-order valence-electron chi connectivity index (χ0n) is 13.6. The molecule has 8 heteroatoms. The van der Waals surface area contributed by atoms with Crippen molar-refractivity contribution < 1.29 is 19.2 Å². The summed E-state index contributed by atoms with van der Waals surface area (Å²) < 4.78 is 13.0. The highest BCUT2D eigenvalue weighted by Gasteiger charge is 2.17. The van der Waals surface area contributed by atoms with Crippen LogP contribution in [0.3, 0.4) is 0 Å². The van der Waals surface area contributed by atoms with Gasteiger partial charge in [0.2, 0.25) is 0 Å². The van der Waals surface area contributed by atoms with Gasteiger partial charge in [-0.05, 0) is 30.3 Å². The number of halogens is 1. The van der Waals surface area contributed by atoms with Crippen molar-refractivity contribution in [1.29, 1.82) is 0 Å². The van der Waals surface area contributed by atoms with Gasteiger partial charge in [0.25, 0.3) is 0 Å². The van der Waals surface area contributed by atoms with Crippen LogP contribution >= 0.6 is 22.9 Å². The van der Waals surface area contributed by atoms with E-state index < -0.39 is 5.97 Å². The Labute approximate surface area is 157 Å². The maximum absolute atomic E-state index is 11.7. The number of carboxylic acids is 1. The summed E-state index contributed by atoms with van der Waals surface area (Å²) in [6, 6.07) is 12.5. The first-order valence-electron chi connectivity index (χ1n) is 7.67. The second kappa shape index (κ2) is 6.51. The Hall–Kier alpha value is -2.77. The molecule has 1 N–H and O–H groups in total. The minimum Gasteiger partial charge on any atom is -0.497 e. The summed E-state index contributed by atoms with van der Waals surface area (Å²) in [5, 5.41) is 14.4. The van der Waals surface area contributed by atoms with E-state index in [1.165, 1.54) is 11.3 Å². The van der Waals surface area contributed by atoms with Crippen LogP contribution in [-0.2, 0) is 6.54 Å². The molecule has 0 aliphatic heterocycles. The van der Waals surface area contributed by atoms with E-state index in [0.29, 0.717) is 21.5 Å². The molecule has 4 aromatic rings. The van der Waals surface area contributed by atoms with Crippen molar-refractivity contribution >= 4 is 39.8 Å². The fraction of sp³-hybridized carbons (Fsp3) is 0.111. The molecular weight excluding hydrogens is 376 g/mol. The predicted molar refractivity (Wildman–Crippen MR) is 99.4 cm³/mol. The molecule has 0 aliphatic rings. The summed E-state index contributed by atoms with van der Waals surface area (Å²) >= 11 is 7.35. The molecule has 0 saturated heterocycles. The molecule has 6 nitrogen and oxygen atoms in total. The minimum atomic E-state index is -1.01. The van der Waals surface area contributed by atoms with Gasteiger partial charge in [-0.3, -0.25) is 0 Å². The van der Waals surface area contributed by atoms with E-state index in [4.69, 9.17) is 20.9 Å². The topological polar surface area (TPSA) is 77.5 Å². The zero-order valence-corrected chi connectivity index (χ0v) is 15.2. The van der Waals surface area contributed by atoms with E-state index in [1.807, 2.05) is 18.2 Å². The summed E-state index contributed by atoms with van der Waals surface area (Å²) in [6.45, 7) is 0.265. The third-order valence-corrected chi connectivity index (χ3v) is 5.27. The molecule has 0 radical (unpaired) electrons. The summed E-state index contributed by atoms with van der Waals surface area (Å²) in [6.07, 6.45) is 0. The van der Waals surface area contributed by atoms with E-state index in [2.05, 4.69) is 5.16 Å². The molecule has 0 aliphatic carbocycles. The van der Waals surface area contributed by atoms with Gasteiger partial charge >= 0.3 is 5.97 Å². The van der Waals surface area contributed by atoms with Gasteiger partial charge in [0, 0.05) is 17.5 Å². The molecule has 0 fully saturated rings. The van der Waals surface area contributed by atoms with Crippen LogP contribution in [0.2, 0.25) is 4.34 Å². The third kappa shape index (κ3) is 2.95. The summed E-state index contributed by atoms with van der Waals surface area (Å²) in [5.74, 6) is 0.250. The fourth-order valence-corrected chi connectivity index (χ4v) is 3.81. The van der Waals surface area contributed by atoms with Crippen LogP contribution in [-0.4, -0.2) is 27.9 Å². The van der Waals surface area contributed by atoms with Gasteiger partial charge in [-0.2, -0.15) is 0 Å². The van der Waals surface area contributed by atoms with E-state index in [9.17, 15) is 9.90 Å². The monoisotopic (exact) mass is 388 g/mol. The van der Waals surface area contributed by atoms with Gasteiger partial charge in [0.05, 0.1) is 28.4 Å². The van der Waals surface area contributed by atoms with Crippen LogP contribution in [0, 0.1) is 0 Å². The summed E-state index contributed by atoms with van der Waals surface area (Å²) in [4.78, 5) is 12.5. The highest BCUT2D eigenvalue weighted by atomic mass is 35.5.